The highest BCUT2D eigenvalue weighted by molar-refractivity contribution is 5.96. The van der Waals surface area contributed by atoms with Crippen LogP contribution in [0.3, 0.4) is 0 Å². The third-order valence-electron chi connectivity index (χ3n) is 1.92. The Balaban J connectivity index is 4.49. The number of rotatable bonds is 5. The average molecular weight is 263 g/mol. The number of halogens is 5. The number of aliphatic carboxylic acids is 1. The maximum atomic E-state index is 12.4. The van der Waals surface area contributed by atoms with Crippen molar-refractivity contribution in [1.29, 1.82) is 0 Å². The van der Waals surface area contributed by atoms with Gasteiger partial charge in [0.05, 0.1) is 6.54 Å². The molecular formula is C8H10F5NO3. The second-order valence-electron chi connectivity index (χ2n) is 3.22. The molecule has 1 unspecified atom stereocenters. The maximum Gasteiger partial charge on any atom is 0.455 e. The predicted octanol–water partition coefficient (Wildman–Crippen LogP) is 1.41. The minimum Gasteiger partial charge on any atom is -0.481 e. The van der Waals surface area contributed by atoms with Crippen LogP contribution in [0.15, 0.2) is 0 Å². The van der Waals surface area contributed by atoms with Crippen LogP contribution in [-0.2, 0) is 9.59 Å². The lowest BCUT2D eigenvalue weighted by atomic mass is 10.1. The molecule has 0 aromatic carbocycles. The van der Waals surface area contributed by atoms with Gasteiger partial charge in [-0.25, -0.2) is 0 Å². The van der Waals surface area contributed by atoms with Crippen molar-refractivity contribution in [2.24, 2.45) is 5.92 Å². The van der Waals surface area contributed by atoms with Crippen LogP contribution >= 0.6 is 0 Å². The van der Waals surface area contributed by atoms with Gasteiger partial charge in [-0.2, -0.15) is 22.0 Å². The molecule has 0 bridgehead atoms. The molecule has 0 spiro atoms. The molecule has 100 valence electrons. The summed E-state index contributed by atoms with van der Waals surface area (Å²) < 4.78 is 59.9. The molecule has 0 rings (SSSR count). The molecule has 0 heterocycles. The SMILES string of the molecule is CCC(C(=O)O)C(=O)NCC(F)(F)C(F)(F)F. The fourth-order valence-corrected chi connectivity index (χ4v) is 0.894. The summed E-state index contributed by atoms with van der Waals surface area (Å²) in [6.07, 6.45) is -6.00. The van der Waals surface area contributed by atoms with E-state index in [1.54, 1.807) is 0 Å². The summed E-state index contributed by atoms with van der Waals surface area (Å²) in [4.78, 5) is 21.4. The minimum absolute atomic E-state index is 0.210. The molecule has 0 saturated carbocycles. The average Bonchev–Trinajstić information content (AvgIpc) is 2.13. The van der Waals surface area contributed by atoms with Crippen molar-refractivity contribution < 1.29 is 36.6 Å². The highest BCUT2D eigenvalue weighted by Gasteiger charge is 2.57. The summed E-state index contributed by atoms with van der Waals surface area (Å²) in [6, 6.07) is 0. The van der Waals surface area contributed by atoms with E-state index in [1.165, 1.54) is 12.2 Å². The standard InChI is InChI=1S/C8H10F5NO3/c1-2-4(6(16)17)5(15)14-3-7(9,10)8(11,12)13/h4H,2-3H2,1H3,(H,14,15)(H,16,17). The van der Waals surface area contributed by atoms with Gasteiger partial charge in [-0.05, 0) is 6.42 Å². The molecule has 0 fully saturated rings. The Labute approximate surface area is 92.8 Å². The van der Waals surface area contributed by atoms with Crippen LogP contribution in [0, 0.1) is 5.92 Å². The number of alkyl halides is 5. The lowest BCUT2D eigenvalue weighted by molar-refractivity contribution is -0.278. The summed E-state index contributed by atoms with van der Waals surface area (Å²) in [7, 11) is 0. The first-order chi connectivity index (χ1) is 7.53. The van der Waals surface area contributed by atoms with Crippen molar-refractivity contribution in [2.75, 3.05) is 6.54 Å². The van der Waals surface area contributed by atoms with Gasteiger partial charge in [-0.15, -0.1) is 0 Å². The summed E-state index contributed by atoms with van der Waals surface area (Å²) in [5.74, 6) is -9.68. The minimum atomic E-state index is -5.79. The van der Waals surface area contributed by atoms with E-state index in [0.717, 1.165) is 0 Å². The van der Waals surface area contributed by atoms with Gasteiger partial charge in [0, 0.05) is 0 Å². The zero-order chi connectivity index (χ0) is 13.9. The second kappa shape index (κ2) is 5.28. The molecule has 0 aromatic rings. The number of carboxylic acids is 1. The third kappa shape index (κ3) is 4.16. The van der Waals surface area contributed by atoms with E-state index in [2.05, 4.69) is 0 Å². The molecule has 0 aliphatic rings. The molecule has 0 aliphatic carbocycles. The highest BCUT2D eigenvalue weighted by Crippen LogP contribution is 2.34. The Morgan fingerprint density at radius 1 is 1.24 bits per heavy atom. The smallest absolute Gasteiger partial charge is 0.455 e. The van der Waals surface area contributed by atoms with Gasteiger partial charge in [-0.3, -0.25) is 9.59 Å². The van der Waals surface area contributed by atoms with Crippen LogP contribution in [-0.4, -0.2) is 35.6 Å². The molecule has 0 radical (unpaired) electrons. The number of carbonyl (C=O) groups excluding carboxylic acids is 1. The molecule has 0 aromatic heterocycles. The van der Waals surface area contributed by atoms with Gasteiger partial charge in [0.25, 0.3) is 0 Å². The fraction of sp³-hybridized carbons (Fsp3) is 0.750. The van der Waals surface area contributed by atoms with Crippen molar-refractivity contribution in [3.63, 3.8) is 0 Å². The number of hydrogen-bond acceptors (Lipinski definition) is 2. The summed E-state index contributed by atoms with van der Waals surface area (Å²) >= 11 is 0. The number of nitrogens with one attached hydrogen (secondary N) is 1. The Morgan fingerprint density at radius 3 is 2.00 bits per heavy atom. The van der Waals surface area contributed by atoms with Gasteiger partial charge >= 0.3 is 18.1 Å². The molecular weight excluding hydrogens is 253 g/mol. The van der Waals surface area contributed by atoms with Gasteiger partial charge in [0.2, 0.25) is 5.91 Å². The zero-order valence-corrected chi connectivity index (χ0v) is 8.65. The zero-order valence-electron chi connectivity index (χ0n) is 8.65. The Morgan fingerprint density at radius 2 is 1.71 bits per heavy atom. The van der Waals surface area contributed by atoms with Gasteiger partial charge in [-0.1, -0.05) is 6.92 Å². The van der Waals surface area contributed by atoms with Crippen LogP contribution in [0.1, 0.15) is 13.3 Å². The molecule has 4 nitrogen and oxygen atoms in total. The monoisotopic (exact) mass is 263 g/mol. The highest BCUT2D eigenvalue weighted by atomic mass is 19.4. The van der Waals surface area contributed by atoms with Crippen LogP contribution in [0.5, 0.6) is 0 Å². The van der Waals surface area contributed by atoms with Crippen molar-refractivity contribution in [3.8, 4) is 0 Å². The van der Waals surface area contributed by atoms with Gasteiger partial charge in [0.15, 0.2) is 0 Å². The number of carbonyl (C=O) groups is 2. The van der Waals surface area contributed by atoms with E-state index in [4.69, 9.17) is 5.11 Å². The largest absolute Gasteiger partial charge is 0.481 e. The molecule has 0 aliphatic heterocycles. The molecule has 1 atom stereocenters. The molecule has 0 saturated heterocycles. The van der Waals surface area contributed by atoms with Gasteiger partial charge < -0.3 is 10.4 Å². The molecule has 17 heavy (non-hydrogen) atoms. The number of hydrogen-bond donors (Lipinski definition) is 2. The molecule has 1 amide bonds. The topological polar surface area (TPSA) is 66.4 Å². The first-order valence-corrected chi connectivity index (χ1v) is 4.48. The van der Waals surface area contributed by atoms with Crippen molar-refractivity contribution in [2.45, 2.75) is 25.4 Å². The van der Waals surface area contributed by atoms with E-state index in [-0.39, 0.29) is 6.42 Å². The van der Waals surface area contributed by atoms with Crippen molar-refractivity contribution >= 4 is 11.9 Å². The summed E-state index contributed by atoms with van der Waals surface area (Å²) in [5, 5.41) is 9.73. The number of amides is 1. The lowest BCUT2D eigenvalue weighted by Crippen LogP contribution is -2.48. The molecule has 2 N–H and O–H groups in total. The lowest BCUT2D eigenvalue weighted by Gasteiger charge is -2.20. The van der Waals surface area contributed by atoms with Crippen LogP contribution < -0.4 is 5.32 Å². The number of carboxylic acid groups (broad SMARTS) is 1. The first-order valence-electron chi connectivity index (χ1n) is 4.48. The van der Waals surface area contributed by atoms with Gasteiger partial charge in [0.1, 0.15) is 5.92 Å². The summed E-state index contributed by atoms with van der Waals surface area (Å²) in [6.45, 7) is -0.681. The van der Waals surface area contributed by atoms with E-state index in [9.17, 15) is 31.5 Å². The maximum absolute atomic E-state index is 12.4. The Hall–Kier alpha value is -1.41. The van der Waals surface area contributed by atoms with E-state index in [1.807, 2.05) is 0 Å². The summed E-state index contributed by atoms with van der Waals surface area (Å²) in [5.41, 5.74) is 0. The first kappa shape index (κ1) is 15.6. The van der Waals surface area contributed by atoms with E-state index in [0.29, 0.717) is 0 Å². The normalized spacial score (nSPS) is 14.2. The van der Waals surface area contributed by atoms with E-state index < -0.39 is 36.4 Å². The van der Waals surface area contributed by atoms with E-state index >= 15 is 0 Å². The van der Waals surface area contributed by atoms with Crippen LogP contribution in [0.25, 0.3) is 0 Å². The predicted molar refractivity (Wildman–Crippen MR) is 45.4 cm³/mol. The van der Waals surface area contributed by atoms with Crippen molar-refractivity contribution in [1.82, 2.24) is 5.32 Å². The second-order valence-corrected chi connectivity index (χ2v) is 3.22. The van der Waals surface area contributed by atoms with Crippen molar-refractivity contribution in [3.05, 3.63) is 0 Å². The quantitative estimate of drug-likeness (QED) is 0.582. The van der Waals surface area contributed by atoms with Crippen LogP contribution in [0.4, 0.5) is 22.0 Å². The Bertz CT molecular complexity index is 302. The van der Waals surface area contributed by atoms with Crippen LogP contribution in [0.2, 0.25) is 0 Å². The third-order valence-corrected chi connectivity index (χ3v) is 1.92. The fourth-order valence-electron chi connectivity index (χ4n) is 0.894. The Kier molecular flexibility index (Phi) is 4.84. The molecule has 9 heteroatoms.